The molecular weight excluding hydrogens is 354 g/mol. The largest absolute Gasteiger partial charge is 0.543 e. The van der Waals surface area contributed by atoms with Crippen LogP contribution in [0.25, 0.3) is 0 Å². The molecule has 28 heavy (non-hydrogen) atoms. The molecule has 1 atom stereocenters. The number of rotatable bonds is 17. The zero-order valence-corrected chi connectivity index (χ0v) is 19.3. The quantitative estimate of drug-likeness (QED) is 0.232. The lowest BCUT2D eigenvalue weighted by Crippen LogP contribution is -2.75. The molecule has 0 fully saturated rings. The number of likely N-dealkylation sites (N-methyl/N-ethyl adjacent to an activating group) is 2. The molecule has 0 saturated carbocycles. The van der Waals surface area contributed by atoms with Gasteiger partial charge in [0, 0.05) is 12.8 Å². The first-order valence-electron chi connectivity index (χ1n) is 11.1. The fraction of sp³-hybridized carbons (Fsp3) is 0.909. The topological polar surface area (TPSA) is 72.5 Å². The fourth-order valence-electron chi connectivity index (χ4n) is 4.05. The molecule has 0 aliphatic rings. The predicted molar refractivity (Wildman–Crippen MR) is 113 cm³/mol. The maximum absolute atomic E-state index is 12.2. The lowest BCUT2D eigenvalue weighted by atomic mass is 9.99. The van der Waals surface area contributed by atoms with Gasteiger partial charge in [-0.3, -0.25) is 14.2 Å². The third kappa shape index (κ3) is 8.48. The molecule has 0 spiro atoms. The first-order chi connectivity index (χ1) is 13.2. The average molecular weight is 400 g/mol. The van der Waals surface area contributed by atoms with Gasteiger partial charge in [-0.1, -0.05) is 65.2 Å². The Kier molecular flexibility index (Phi) is 13.4. The summed E-state index contributed by atoms with van der Waals surface area (Å²) in [4.78, 5) is 25.9. The van der Waals surface area contributed by atoms with Gasteiger partial charge in [-0.25, -0.2) is 0 Å². The minimum atomic E-state index is -1.17. The van der Waals surface area contributed by atoms with Crippen LogP contribution >= 0.6 is 0 Å². The van der Waals surface area contributed by atoms with Gasteiger partial charge in [-0.2, -0.15) is 0 Å². The van der Waals surface area contributed by atoms with Crippen LogP contribution in [0.5, 0.6) is 0 Å². The highest BCUT2D eigenvalue weighted by Gasteiger charge is 2.48. The number of nitrogens with zero attached hydrogens (tertiary/aromatic N) is 2. The first-order valence-corrected chi connectivity index (χ1v) is 11.1. The zero-order valence-electron chi connectivity index (χ0n) is 19.3. The summed E-state index contributed by atoms with van der Waals surface area (Å²) in [7, 11) is 7.19. The number of quaternary nitrogens is 1. The second-order valence-corrected chi connectivity index (χ2v) is 8.77. The highest BCUT2D eigenvalue weighted by Crippen LogP contribution is 2.28. The molecule has 0 bridgehead atoms. The van der Waals surface area contributed by atoms with Gasteiger partial charge in [-0.15, -0.1) is 0 Å². The Labute approximate surface area is 173 Å². The van der Waals surface area contributed by atoms with Gasteiger partial charge in [0.05, 0.1) is 14.1 Å². The molecule has 0 aromatic rings. The molecule has 0 aliphatic carbocycles. The van der Waals surface area contributed by atoms with Gasteiger partial charge in [0.2, 0.25) is 5.91 Å². The number of aliphatic carboxylic acids is 1. The van der Waals surface area contributed by atoms with E-state index in [2.05, 4.69) is 12.2 Å². The molecule has 6 heteroatoms. The third-order valence-electron chi connectivity index (χ3n) is 5.85. The normalized spacial score (nSPS) is 14.1. The summed E-state index contributed by atoms with van der Waals surface area (Å²) in [5, 5.41) is 15.0. The van der Waals surface area contributed by atoms with Crippen LogP contribution in [0.1, 0.15) is 90.9 Å². The van der Waals surface area contributed by atoms with Gasteiger partial charge in [0.25, 0.3) is 0 Å². The minimum Gasteiger partial charge on any atom is -0.543 e. The van der Waals surface area contributed by atoms with Gasteiger partial charge in [-0.05, 0) is 26.9 Å². The van der Waals surface area contributed by atoms with E-state index < -0.39 is 11.6 Å². The van der Waals surface area contributed by atoms with Gasteiger partial charge in [0.1, 0.15) is 5.97 Å². The van der Waals surface area contributed by atoms with Crippen LogP contribution in [0.3, 0.4) is 0 Å². The fourth-order valence-corrected chi connectivity index (χ4v) is 4.05. The Bertz CT molecular complexity index is 452. The molecule has 0 radical (unpaired) electrons. The molecule has 0 aromatic heterocycles. The van der Waals surface area contributed by atoms with Crippen LogP contribution in [0.2, 0.25) is 0 Å². The van der Waals surface area contributed by atoms with Crippen molar-refractivity contribution in [2.24, 2.45) is 0 Å². The van der Waals surface area contributed by atoms with Crippen LogP contribution in [0, 0.1) is 0 Å². The summed E-state index contributed by atoms with van der Waals surface area (Å²) in [5.74, 6) is -1.10. The lowest BCUT2D eigenvalue weighted by Gasteiger charge is -2.52. The van der Waals surface area contributed by atoms with Crippen LogP contribution in [0.4, 0.5) is 0 Å². The van der Waals surface area contributed by atoms with Crippen molar-refractivity contribution in [2.45, 2.75) is 96.6 Å². The van der Waals surface area contributed by atoms with Crippen molar-refractivity contribution in [3.63, 3.8) is 0 Å². The molecule has 0 aromatic carbocycles. The van der Waals surface area contributed by atoms with E-state index in [1.54, 1.807) is 19.0 Å². The van der Waals surface area contributed by atoms with Crippen LogP contribution in [0.15, 0.2) is 0 Å². The van der Waals surface area contributed by atoms with Crippen molar-refractivity contribution in [3.05, 3.63) is 0 Å². The Balaban J connectivity index is 4.32. The molecule has 6 nitrogen and oxygen atoms in total. The molecular formula is C22H45N3O3. The maximum atomic E-state index is 12.2. The number of carboxylic acids is 1. The average Bonchev–Trinajstić information content (AvgIpc) is 2.62. The standard InChI is InChI=1S/C22H45N3O3/c1-7-9-10-11-12-13-14-15-16-17-20(26)23-19-25(5,6)22(18-8-2,21(27)28)24(3)4/h7-19H2,1-6H3,(H-,23,26,27,28). The maximum Gasteiger partial charge on any atom is 0.224 e. The summed E-state index contributed by atoms with van der Waals surface area (Å²) >= 11 is 0. The van der Waals surface area contributed by atoms with Gasteiger partial charge in [0.15, 0.2) is 12.3 Å². The smallest absolute Gasteiger partial charge is 0.224 e. The second kappa shape index (κ2) is 13.9. The summed E-state index contributed by atoms with van der Waals surface area (Å²) < 4.78 is 0.125. The van der Waals surface area contributed by atoms with Crippen molar-refractivity contribution in [3.8, 4) is 0 Å². The van der Waals surface area contributed by atoms with Crippen LogP contribution in [-0.4, -0.2) is 61.8 Å². The molecule has 0 saturated heterocycles. The molecule has 0 heterocycles. The number of carboxylic acid groups (broad SMARTS) is 1. The first kappa shape index (κ1) is 26.9. The van der Waals surface area contributed by atoms with Crippen LogP contribution < -0.4 is 10.4 Å². The van der Waals surface area contributed by atoms with E-state index in [1.165, 1.54) is 44.9 Å². The van der Waals surface area contributed by atoms with E-state index >= 15 is 0 Å². The number of carbonyl (C=O) groups is 2. The van der Waals surface area contributed by atoms with Gasteiger partial charge < -0.3 is 15.2 Å². The van der Waals surface area contributed by atoms with Crippen molar-refractivity contribution < 1.29 is 19.2 Å². The van der Waals surface area contributed by atoms with E-state index in [9.17, 15) is 14.7 Å². The Morgan fingerprint density at radius 2 is 1.39 bits per heavy atom. The van der Waals surface area contributed by atoms with Crippen molar-refractivity contribution in [2.75, 3.05) is 34.9 Å². The van der Waals surface area contributed by atoms with E-state index in [4.69, 9.17) is 0 Å². The van der Waals surface area contributed by atoms with Gasteiger partial charge >= 0.3 is 0 Å². The Hall–Kier alpha value is -1.14. The molecule has 1 unspecified atom stereocenters. The Morgan fingerprint density at radius 3 is 1.82 bits per heavy atom. The van der Waals surface area contributed by atoms with E-state index in [0.29, 0.717) is 12.8 Å². The highest BCUT2D eigenvalue weighted by atomic mass is 16.4. The number of amides is 1. The predicted octanol–water partition coefficient (Wildman–Crippen LogP) is 2.87. The summed E-state index contributed by atoms with van der Waals surface area (Å²) in [6.45, 7) is 4.46. The molecule has 0 rings (SSSR count). The van der Waals surface area contributed by atoms with Crippen LogP contribution in [-0.2, 0) is 9.59 Å². The minimum absolute atomic E-state index is 0.00310. The summed E-state index contributed by atoms with van der Waals surface area (Å²) in [5.41, 5.74) is -1.17. The van der Waals surface area contributed by atoms with Crippen molar-refractivity contribution in [1.29, 1.82) is 0 Å². The third-order valence-corrected chi connectivity index (χ3v) is 5.85. The van der Waals surface area contributed by atoms with Crippen molar-refractivity contribution in [1.82, 2.24) is 10.2 Å². The van der Waals surface area contributed by atoms with E-state index in [1.807, 2.05) is 21.0 Å². The summed E-state index contributed by atoms with van der Waals surface area (Å²) in [6, 6.07) is 0. The lowest BCUT2D eigenvalue weighted by molar-refractivity contribution is -0.948. The highest BCUT2D eigenvalue weighted by molar-refractivity contribution is 5.76. The number of hydrogen-bond donors (Lipinski definition) is 1. The summed E-state index contributed by atoms with van der Waals surface area (Å²) in [6.07, 6.45) is 12.7. The number of nitrogens with one attached hydrogen (secondary N) is 1. The monoisotopic (exact) mass is 399 g/mol. The molecule has 166 valence electrons. The number of unbranched alkanes of at least 4 members (excludes halogenated alkanes) is 8. The number of hydrogen-bond acceptors (Lipinski definition) is 4. The number of carbonyl (C=O) groups excluding carboxylic acids is 2. The van der Waals surface area contributed by atoms with Crippen molar-refractivity contribution >= 4 is 11.9 Å². The van der Waals surface area contributed by atoms with E-state index in [0.717, 1.165) is 19.3 Å². The molecule has 1 N–H and O–H groups in total. The zero-order chi connectivity index (χ0) is 21.6. The molecule has 0 aliphatic heterocycles. The SMILES string of the molecule is CCCCCCCCCCCC(=O)NC[N+](C)(C)C(CCC)(C(=O)[O-])N(C)C. The van der Waals surface area contributed by atoms with E-state index in [-0.39, 0.29) is 17.1 Å². The Morgan fingerprint density at radius 1 is 0.893 bits per heavy atom. The second-order valence-electron chi connectivity index (χ2n) is 8.77. The molecule has 1 amide bonds.